The summed E-state index contributed by atoms with van der Waals surface area (Å²) in [5.74, 6) is -0.731. The van der Waals surface area contributed by atoms with Gasteiger partial charge in [-0.3, -0.25) is 4.79 Å². The second-order valence-corrected chi connectivity index (χ2v) is 7.20. The number of rotatable bonds is 6. The van der Waals surface area contributed by atoms with Crippen LogP contribution >= 0.6 is 0 Å². The lowest BCUT2D eigenvalue weighted by molar-refractivity contribution is -0.118. The van der Waals surface area contributed by atoms with Gasteiger partial charge in [0, 0.05) is 18.0 Å². The van der Waals surface area contributed by atoms with E-state index in [0.29, 0.717) is 11.0 Å². The predicted octanol–water partition coefficient (Wildman–Crippen LogP) is 2.11. The summed E-state index contributed by atoms with van der Waals surface area (Å²) in [4.78, 5) is 11.3. The second-order valence-electron chi connectivity index (χ2n) is 5.33. The van der Waals surface area contributed by atoms with Crippen LogP contribution < -0.4 is 5.73 Å². The van der Waals surface area contributed by atoms with Gasteiger partial charge >= 0.3 is 0 Å². The molecular weight excluding hydrogens is 328 g/mol. The van der Waals surface area contributed by atoms with Crippen LogP contribution in [-0.2, 0) is 21.4 Å². The van der Waals surface area contributed by atoms with Gasteiger partial charge in [-0.25, -0.2) is 8.42 Å². The van der Waals surface area contributed by atoms with E-state index in [0.717, 1.165) is 9.87 Å². The highest BCUT2D eigenvalue weighted by molar-refractivity contribution is 7.89. The molecule has 2 N–H and O–H groups in total. The number of furan rings is 1. The van der Waals surface area contributed by atoms with E-state index in [2.05, 4.69) is 0 Å². The Morgan fingerprint density at radius 3 is 2.38 bits per heavy atom. The third kappa shape index (κ3) is 3.32. The number of nitrogens with zero attached hydrogens (tertiary/aromatic N) is 1. The van der Waals surface area contributed by atoms with Crippen LogP contribution in [0.2, 0.25) is 0 Å². The quantitative estimate of drug-likeness (QED) is 0.741. The zero-order chi connectivity index (χ0) is 17.2. The maximum atomic E-state index is 12.9. The Bertz CT molecular complexity index is 931. The summed E-state index contributed by atoms with van der Waals surface area (Å²) < 4.78 is 32.2. The largest absolute Gasteiger partial charge is 0.443 e. The first-order valence-electron chi connectivity index (χ1n) is 7.28. The summed E-state index contributed by atoms with van der Waals surface area (Å²) >= 11 is 0. The molecule has 124 valence electrons. The molecule has 0 spiro atoms. The van der Waals surface area contributed by atoms with Crippen LogP contribution in [0.15, 0.2) is 70.2 Å². The van der Waals surface area contributed by atoms with E-state index in [-0.39, 0.29) is 11.6 Å². The molecule has 3 aromatic rings. The molecule has 0 aliphatic carbocycles. The van der Waals surface area contributed by atoms with Crippen LogP contribution in [0.1, 0.15) is 5.56 Å². The molecule has 0 aliphatic rings. The fraction of sp³-hybridized carbons (Fsp3) is 0.118. The SMILES string of the molecule is NC(=O)CN(Cc1ccccc1)S(=O)(=O)c1cc2ccccc2o1. The smallest absolute Gasteiger partial charge is 0.277 e. The number of sulfonamides is 1. The van der Waals surface area contributed by atoms with Gasteiger partial charge in [0.15, 0.2) is 0 Å². The minimum Gasteiger partial charge on any atom is -0.443 e. The van der Waals surface area contributed by atoms with Crippen LogP contribution in [-0.4, -0.2) is 25.2 Å². The zero-order valence-electron chi connectivity index (χ0n) is 12.8. The normalized spacial score (nSPS) is 11.9. The molecule has 0 bridgehead atoms. The molecule has 0 saturated carbocycles. The maximum absolute atomic E-state index is 12.9. The molecule has 7 heteroatoms. The van der Waals surface area contributed by atoms with Crippen molar-refractivity contribution in [1.82, 2.24) is 4.31 Å². The van der Waals surface area contributed by atoms with Crippen LogP contribution in [0.4, 0.5) is 0 Å². The molecule has 0 saturated heterocycles. The molecule has 2 aromatic carbocycles. The molecule has 6 nitrogen and oxygen atoms in total. The Labute approximate surface area is 139 Å². The number of nitrogens with two attached hydrogens (primary N) is 1. The molecule has 0 fully saturated rings. The van der Waals surface area contributed by atoms with E-state index in [4.69, 9.17) is 10.2 Å². The fourth-order valence-corrected chi connectivity index (χ4v) is 3.74. The van der Waals surface area contributed by atoms with Crippen molar-refractivity contribution in [1.29, 1.82) is 0 Å². The predicted molar refractivity (Wildman–Crippen MR) is 89.4 cm³/mol. The van der Waals surface area contributed by atoms with Gasteiger partial charge in [-0.1, -0.05) is 48.5 Å². The Kier molecular flexibility index (Phi) is 4.37. The van der Waals surface area contributed by atoms with Crippen LogP contribution in [0.25, 0.3) is 11.0 Å². The lowest BCUT2D eigenvalue weighted by Gasteiger charge is -2.19. The van der Waals surface area contributed by atoms with Gasteiger partial charge in [-0.15, -0.1) is 0 Å². The Morgan fingerprint density at radius 2 is 1.71 bits per heavy atom. The topological polar surface area (TPSA) is 93.6 Å². The molecular formula is C17H16N2O4S. The minimum absolute atomic E-state index is 0.0309. The van der Waals surface area contributed by atoms with Crippen molar-refractivity contribution in [3.63, 3.8) is 0 Å². The highest BCUT2D eigenvalue weighted by Gasteiger charge is 2.29. The van der Waals surface area contributed by atoms with Crippen molar-refractivity contribution in [3.05, 3.63) is 66.2 Å². The number of fused-ring (bicyclic) bond motifs is 1. The Balaban J connectivity index is 1.99. The molecule has 24 heavy (non-hydrogen) atoms. The molecule has 0 atom stereocenters. The third-order valence-electron chi connectivity index (χ3n) is 3.53. The van der Waals surface area contributed by atoms with Crippen molar-refractivity contribution in [2.75, 3.05) is 6.54 Å². The van der Waals surface area contributed by atoms with E-state index >= 15 is 0 Å². The number of hydrogen-bond acceptors (Lipinski definition) is 4. The highest BCUT2D eigenvalue weighted by atomic mass is 32.2. The average molecular weight is 344 g/mol. The molecule has 0 aliphatic heterocycles. The van der Waals surface area contributed by atoms with Gasteiger partial charge in [0.25, 0.3) is 10.0 Å². The van der Waals surface area contributed by atoms with E-state index in [9.17, 15) is 13.2 Å². The van der Waals surface area contributed by atoms with Crippen molar-refractivity contribution < 1.29 is 17.6 Å². The number of carbonyl (C=O) groups is 1. The first-order chi connectivity index (χ1) is 11.5. The van der Waals surface area contributed by atoms with E-state index in [1.54, 1.807) is 48.5 Å². The van der Waals surface area contributed by atoms with Gasteiger partial charge < -0.3 is 10.2 Å². The molecule has 0 radical (unpaired) electrons. The van der Waals surface area contributed by atoms with Crippen LogP contribution in [0.3, 0.4) is 0 Å². The number of carbonyl (C=O) groups excluding carboxylic acids is 1. The molecule has 0 unspecified atom stereocenters. The third-order valence-corrected chi connectivity index (χ3v) is 5.18. The Morgan fingerprint density at radius 1 is 1.04 bits per heavy atom. The van der Waals surface area contributed by atoms with E-state index in [1.165, 1.54) is 6.07 Å². The number of amides is 1. The van der Waals surface area contributed by atoms with Crippen molar-refractivity contribution >= 4 is 26.9 Å². The van der Waals surface area contributed by atoms with Crippen molar-refractivity contribution in [2.45, 2.75) is 11.6 Å². The first kappa shape index (κ1) is 16.2. The summed E-state index contributed by atoms with van der Waals surface area (Å²) in [7, 11) is -3.99. The van der Waals surface area contributed by atoms with Gasteiger partial charge in [0.05, 0.1) is 6.54 Å². The van der Waals surface area contributed by atoms with Crippen LogP contribution in [0, 0.1) is 0 Å². The van der Waals surface area contributed by atoms with Crippen molar-refractivity contribution in [2.24, 2.45) is 5.73 Å². The van der Waals surface area contributed by atoms with Gasteiger partial charge in [0.2, 0.25) is 11.0 Å². The lowest BCUT2D eigenvalue weighted by atomic mass is 10.2. The average Bonchev–Trinajstić information content (AvgIpc) is 3.00. The number of benzene rings is 2. The molecule has 1 heterocycles. The summed E-state index contributed by atoms with van der Waals surface area (Å²) in [6.45, 7) is -0.391. The second kappa shape index (κ2) is 6.46. The zero-order valence-corrected chi connectivity index (χ0v) is 13.6. The maximum Gasteiger partial charge on any atom is 0.277 e. The standard InChI is InChI=1S/C17H16N2O4S/c18-16(20)12-19(11-13-6-2-1-3-7-13)24(21,22)17-10-14-8-4-5-9-15(14)23-17/h1-10H,11-12H2,(H2,18,20). The van der Waals surface area contributed by atoms with E-state index in [1.807, 2.05) is 6.07 Å². The van der Waals surface area contributed by atoms with Gasteiger partial charge in [-0.2, -0.15) is 4.31 Å². The molecule has 1 aromatic heterocycles. The fourth-order valence-electron chi connectivity index (χ4n) is 2.40. The summed E-state index contributed by atoms with van der Waals surface area (Å²) in [6.07, 6.45) is 0. The van der Waals surface area contributed by atoms with Gasteiger partial charge in [-0.05, 0) is 11.6 Å². The number of primary amides is 1. The summed E-state index contributed by atoms with van der Waals surface area (Å²) in [5, 5.41) is 0.468. The van der Waals surface area contributed by atoms with E-state index < -0.39 is 22.5 Å². The van der Waals surface area contributed by atoms with Gasteiger partial charge in [0.1, 0.15) is 5.58 Å². The summed E-state index contributed by atoms with van der Waals surface area (Å²) in [5.41, 5.74) is 6.44. The monoisotopic (exact) mass is 344 g/mol. The molecule has 3 rings (SSSR count). The van der Waals surface area contributed by atoms with Crippen molar-refractivity contribution in [3.8, 4) is 0 Å². The minimum atomic E-state index is -3.99. The number of para-hydroxylation sites is 1. The Hall–Kier alpha value is -2.64. The summed E-state index contributed by atoms with van der Waals surface area (Å²) in [6, 6.07) is 17.4. The first-order valence-corrected chi connectivity index (χ1v) is 8.72. The highest BCUT2D eigenvalue weighted by Crippen LogP contribution is 2.25. The number of hydrogen-bond donors (Lipinski definition) is 1. The van der Waals surface area contributed by atoms with Crippen LogP contribution in [0.5, 0.6) is 0 Å². The molecule has 1 amide bonds. The lowest BCUT2D eigenvalue weighted by Crippen LogP contribution is -2.37.